The Balaban J connectivity index is 2.29. The van der Waals surface area contributed by atoms with Crippen molar-refractivity contribution in [1.29, 1.82) is 0 Å². The van der Waals surface area contributed by atoms with E-state index in [2.05, 4.69) is 10.1 Å². The third kappa shape index (κ3) is 3.39. The first-order valence-corrected chi connectivity index (χ1v) is 4.93. The minimum absolute atomic E-state index is 0.00141. The highest BCUT2D eigenvalue weighted by Crippen LogP contribution is 2.02. The second-order valence-electron chi connectivity index (χ2n) is 3.41. The van der Waals surface area contributed by atoms with Crippen molar-refractivity contribution in [2.45, 2.75) is 0 Å². The van der Waals surface area contributed by atoms with Crippen LogP contribution < -0.4 is 5.32 Å². The summed E-state index contributed by atoms with van der Waals surface area (Å²) in [5, 5.41) is 2.57. The second kappa shape index (κ2) is 5.55. The maximum atomic E-state index is 11.2. The van der Waals surface area contributed by atoms with Gasteiger partial charge in [-0.2, -0.15) is 0 Å². The first-order chi connectivity index (χ1) is 7.17. The summed E-state index contributed by atoms with van der Waals surface area (Å²) in [5.41, 5.74) is 0. The smallest absolute Gasteiger partial charge is 0.409 e. The van der Waals surface area contributed by atoms with Crippen LogP contribution in [0.5, 0.6) is 0 Å². The number of carbonyl (C=O) groups is 2. The van der Waals surface area contributed by atoms with Gasteiger partial charge < -0.3 is 15.0 Å². The van der Waals surface area contributed by atoms with E-state index in [-0.39, 0.29) is 12.0 Å². The maximum absolute atomic E-state index is 11.2. The van der Waals surface area contributed by atoms with Crippen LogP contribution in [0.1, 0.15) is 0 Å². The van der Waals surface area contributed by atoms with E-state index in [1.54, 1.807) is 11.9 Å². The van der Waals surface area contributed by atoms with Crippen molar-refractivity contribution in [2.75, 3.05) is 46.9 Å². The third-order valence-corrected chi connectivity index (χ3v) is 2.45. The molecule has 86 valence electrons. The lowest BCUT2D eigenvalue weighted by Crippen LogP contribution is -2.50. The van der Waals surface area contributed by atoms with Gasteiger partial charge in [0.1, 0.15) is 0 Å². The van der Waals surface area contributed by atoms with Gasteiger partial charge in [-0.1, -0.05) is 0 Å². The summed E-state index contributed by atoms with van der Waals surface area (Å²) < 4.78 is 4.62. The fraction of sp³-hybridized carbons (Fsp3) is 0.778. The van der Waals surface area contributed by atoms with Crippen LogP contribution in [0.15, 0.2) is 0 Å². The Hall–Kier alpha value is -1.30. The number of ether oxygens (including phenoxy) is 1. The first-order valence-electron chi connectivity index (χ1n) is 4.93. The number of piperazine rings is 1. The Labute approximate surface area is 89.2 Å². The molecule has 15 heavy (non-hydrogen) atoms. The average molecular weight is 215 g/mol. The lowest BCUT2D eigenvalue weighted by molar-refractivity contribution is -0.122. The molecular formula is C9H17N3O3. The van der Waals surface area contributed by atoms with Crippen LogP contribution in [0.3, 0.4) is 0 Å². The van der Waals surface area contributed by atoms with Crippen molar-refractivity contribution in [1.82, 2.24) is 15.1 Å². The van der Waals surface area contributed by atoms with E-state index >= 15 is 0 Å². The lowest BCUT2D eigenvalue weighted by Gasteiger charge is -2.33. The Morgan fingerprint density at radius 1 is 1.27 bits per heavy atom. The van der Waals surface area contributed by atoms with Crippen LogP contribution in [-0.2, 0) is 9.53 Å². The van der Waals surface area contributed by atoms with Crippen molar-refractivity contribution < 1.29 is 14.3 Å². The second-order valence-corrected chi connectivity index (χ2v) is 3.41. The minimum atomic E-state index is -0.297. The number of hydrogen-bond acceptors (Lipinski definition) is 4. The van der Waals surface area contributed by atoms with Gasteiger partial charge >= 0.3 is 6.09 Å². The van der Waals surface area contributed by atoms with Crippen molar-refractivity contribution >= 4 is 12.0 Å². The van der Waals surface area contributed by atoms with E-state index in [0.29, 0.717) is 32.7 Å². The minimum Gasteiger partial charge on any atom is -0.453 e. The number of nitrogens with zero attached hydrogens (tertiary/aromatic N) is 2. The quantitative estimate of drug-likeness (QED) is 0.649. The van der Waals surface area contributed by atoms with E-state index in [0.717, 1.165) is 0 Å². The van der Waals surface area contributed by atoms with E-state index in [1.165, 1.54) is 7.11 Å². The lowest BCUT2D eigenvalue weighted by atomic mass is 10.3. The molecule has 1 rings (SSSR count). The summed E-state index contributed by atoms with van der Waals surface area (Å²) in [4.78, 5) is 25.9. The molecule has 6 nitrogen and oxygen atoms in total. The fourth-order valence-corrected chi connectivity index (χ4v) is 1.50. The number of likely N-dealkylation sites (N-methyl/N-ethyl adjacent to an activating group) is 1. The molecule has 1 N–H and O–H groups in total. The first kappa shape index (κ1) is 11.8. The van der Waals surface area contributed by atoms with Gasteiger partial charge in [-0.05, 0) is 0 Å². The van der Waals surface area contributed by atoms with Gasteiger partial charge in [0.25, 0.3) is 0 Å². The standard InChI is InChI=1S/C9H17N3O3/c1-10-8(13)7-11-3-5-12(6-4-11)9(14)15-2/h3-7H2,1-2H3,(H,10,13). The highest BCUT2D eigenvalue weighted by Gasteiger charge is 2.22. The largest absolute Gasteiger partial charge is 0.453 e. The molecule has 0 radical (unpaired) electrons. The molecular weight excluding hydrogens is 198 g/mol. The van der Waals surface area contributed by atoms with Crippen LogP contribution in [0.25, 0.3) is 0 Å². The van der Waals surface area contributed by atoms with E-state index < -0.39 is 0 Å². The molecule has 6 heteroatoms. The Morgan fingerprint density at radius 3 is 2.33 bits per heavy atom. The summed E-state index contributed by atoms with van der Waals surface area (Å²) >= 11 is 0. The summed E-state index contributed by atoms with van der Waals surface area (Å²) in [5.74, 6) is 0.00141. The molecule has 1 heterocycles. The summed E-state index contributed by atoms with van der Waals surface area (Å²) in [6.07, 6.45) is -0.297. The molecule has 1 saturated heterocycles. The van der Waals surface area contributed by atoms with Crippen LogP contribution >= 0.6 is 0 Å². The molecule has 0 spiro atoms. The number of hydrogen-bond donors (Lipinski definition) is 1. The average Bonchev–Trinajstić information content (AvgIpc) is 2.29. The zero-order valence-corrected chi connectivity index (χ0v) is 9.15. The molecule has 0 atom stereocenters. The molecule has 0 aromatic rings. The molecule has 0 aliphatic carbocycles. The van der Waals surface area contributed by atoms with Gasteiger partial charge in [-0.3, -0.25) is 9.69 Å². The van der Waals surface area contributed by atoms with Gasteiger partial charge in [0.2, 0.25) is 5.91 Å². The van der Waals surface area contributed by atoms with Crippen molar-refractivity contribution in [3.05, 3.63) is 0 Å². The Kier molecular flexibility index (Phi) is 4.36. The molecule has 0 saturated carbocycles. The van der Waals surface area contributed by atoms with Crippen LogP contribution in [0.4, 0.5) is 4.79 Å². The predicted octanol–water partition coefficient (Wildman–Crippen LogP) is -0.884. The van der Waals surface area contributed by atoms with Gasteiger partial charge in [0.15, 0.2) is 0 Å². The van der Waals surface area contributed by atoms with Crippen LogP contribution in [0, 0.1) is 0 Å². The topological polar surface area (TPSA) is 61.9 Å². The van der Waals surface area contributed by atoms with Gasteiger partial charge in [0.05, 0.1) is 13.7 Å². The monoisotopic (exact) mass is 215 g/mol. The number of rotatable bonds is 2. The molecule has 1 fully saturated rings. The van der Waals surface area contributed by atoms with Crippen molar-refractivity contribution in [2.24, 2.45) is 0 Å². The molecule has 0 bridgehead atoms. The molecule has 0 aromatic carbocycles. The number of carbonyl (C=O) groups excluding carboxylic acids is 2. The molecule has 0 aromatic heterocycles. The van der Waals surface area contributed by atoms with E-state index in [1.807, 2.05) is 4.90 Å². The normalized spacial score (nSPS) is 17.3. The maximum Gasteiger partial charge on any atom is 0.409 e. The Morgan fingerprint density at radius 2 is 1.87 bits per heavy atom. The predicted molar refractivity (Wildman–Crippen MR) is 54.5 cm³/mol. The van der Waals surface area contributed by atoms with Crippen LogP contribution in [0.2, 0.25) is 0 Å². The molecule has 1 aliphatic heterocycles. The third-order valence-electron chi connectivity index (χ3n) is 2.45. The SMILES string of the molecule is CNC(=O)CN1CCN(C(=O)OC)CC1. The van der Waals surface area contributed by atoms with Crippen molar-refractivity contribution in [3.63, 3.8) is 0 Å². The molecule has 2 amide bonds. The Bertz CT molecular complexity index is 237. The molecule has 1 aliphatic rings. The van der Waals surface area contributed by atoms with Gasteiger partial charge in [0, 0.05) is 33.2 Å². The summed E-state index contributed by atoms with van der Waals surface area (Å²) in [6.45, 7) is 3.05. The zero-order chi connectivity index (χ0) is 11.3. The summed E-state index contributed by atoms with van der Waals surface area (Å²) in [6, 6.07) is 0. The highest BCUT2D eigenvalue weighted by atomic mass is 16.5. The number of methoxy groups -OCH3 is 1. The van der Waals surface area contributed by atoms with Gasteiger partial charge in [-0.15, -0.1) is 0 Å². The number of amides is 2. The van der Waals surface area contributed by atoms with E-state index in [4.69, 9.17) is 0 Å². The molecule has 0 unspecified atom stereocenters. The van der Waals surface area contributed by atoms with Gasteiger partial charge in [-0.25, -0.2) is 4.79 Å². The van der Waals surface area contributed by atoms with E-state index in [9.17, 15) is 9.59 Å². The number of nitrogens with one attached hydrogen (secondary N) is 1. The van der Waals surface area contributed by atoms with Crippen molar-refractivity contribution in [3.8, 4) is 0 Å². The highest BCUT2D eigenvalue weighted by molar-refractivity contribution is 5.77. The zero-order valence-electron chi connectivity index (χ0n) is 9.15. The fourth-order valence-electron chi connectivity index (χ4n) is 1.50. The summed E-state index contributed by atoms with van der Waals surface area (Å²) in [7, 11) is 2.99. The van der Waals surface area contributed by atoms with Crippen LogP contribution in [-0.4, -0.2) is 68.7 Å².